The number of benzene rings is 1. The Hall–Kier alpha value is -1.14. The van der Waals surface area contributed by atoms with Crippen molar-refractivity contribution in [3.63, 3.8) is 0 Å². The highest BCUT2D eigenvalue weighted by Gasteiger charge is 2.51. The van der Waals surface area contributed by atoms with Gasteiger partial charge in [0.15, 0.2) is 5.60 Å². The van der Waals surface area contributed by atoms with Gasteiger partial charge < -0.3 is 10.4 Å². The van der Waals surface area contributed by atoms with E-state index in [0.29, 0.717) is 16.4 Å². The van der Waals surface area contributed by atoms with Gasteiger partial charge >= 0.3 is 6.18 Å². The van der Waals surface area contributed by atoms with Crippen molar-refractivity contribution in [3.8, 4) is 0 Å². The monoisotopic (exact) mass is 472 g/mol. The van der Waals surface area contributed by atoms with Crippen molar-refractivity contribution in [2.75, 3.05) is 18.4 Å². The first-order chi connectivity index (χ1) is 11.9. The van der Waals surface area contributed by atoms with E-state index < -0.39 is 21.8 Å². The van der Waals surface area contributed by atoms with E-state index >= 15 is 0 Å². The maximum atomic E-state index is 12.8. The van der Waals surface area contributed by atoms with E-state index in [9.17, 15) is 26.7 Å². The first-order valence-corrected chi connectivity index (χ1v) is 10.4. The number of hydrogen-bond acceptors (Lipinski definition) is 5. The SMILES string of the molecule is CC(O)(c1ccc(NCCNS(=O)(=O)c2ccc(Br)s2)cc1)C(F)(F)F. The largest absolute Gasteiger partial charge is 0.421 e. The Bertz CT molecular complexity index is 850. The first kappa shape index (κ1) is 21.2. The van der Waals surface area contributed by atoms with Crippen LogP contribution in [0.3, 0.4) is 0 Å². The number of alkyl halides is 3. The third kappa shape index (κ3) is 4.97. The molecule has 0 aliphatic heterocycles. The second-order valence-corrected chi connectivity index (χ2v) is 9.99. The molecular formula is C15H16BrF3N2O3S2. The van der Waals surface area contributed by atoms with Crippen molar-refractivity contribution >= 4 is 43.0 Å². The average Bonchev–Trinajstić information content (AvgIpc) is 2.98. The van der Waals surface area contributed by atoms with Crippen LogP contribution in [-0.4, -0.2) is 32.8 Å². The zero-order valence-electron chi connectivity index (χ0n) is 13.5. The van der Waals surface area contributed by atoms with Crippen molar-refractivity contribution in [1.82, 2.24) is 4.72 Å². The Labute approximate surface area is 161 Å². The van der Waals surface area contributed by atoms with Crippen LogP contribution in [0.1, 0.15) is 12.5 Å². The van der Waals surface area contributed by atoms with Crippen molar-refractivity contribution < 1.29 is 26.7 Å². The van der Waals surface area contributed by atoms with Crippen molar-refractivity contribution in [2.24, 2.45) is 0 Å². The Balaban J connectivity index is 1.89. The lowest BCUT2D eigenvalue weighted by Gasteiger charge is -2.26. The summed E-state index contributed by atoms with van der Waals surface area (Å²) in [5, 5.41) is 12.5. The van der Waals surface area contributed by atoms with E-state index in [1.165, 1.54) is 30.3 Å². The molecule has 5 nitrogen and oxygen atoms in total. The molecule has 0 bridgehead atoms. The van der Waals surface area contributed by atoms with Crippen LogP contribution in [0.4, 0.5) is 18.9 Å². The third-order valence-corrected chi connectivity index (χ3v) is 7.14. The van der Waals surface area contributed by atoms with Crippen LogP contribution < -0.4 is 10.0 Å². The van der Waals surface area contributed by atoms with Gasteiger partial charge in [0.2, 0.25) is 10.0 Å². The van der Waals surface area contributed by atoms with Gasteiger partial charge in [-0.15, -0.1) is 11.3 Å². The minimum atomic E-state index is -4.78. The van der Waals surface area contributed by atoms with Crippen molar-refractivity contribution in [1.29, 1.82) is 0 Å². The second kappa shape index (κ2) is 7.85. The Kier molecular flexibility index (Phi) is 6.39. The molecule has 0 radical (unpaired) electrons. The number of nitrogens with one attached hydrogen (secondary N) is 2. The summed E-state index contributed by atoms with van der Waals surface area (Å²) >= 11 is 4.28. The standard InChI is InChI=1S/C15H16BrF3N2O3S2/c1-14(22,15(17,18)19)10-2-4-11(5-3-10)20-8-9-21-26(23,24)13-7-6-12(16)25-13/h2-7,20-22H,8-9H2,1H3. The first-order valence-electron chi connectivity index (χ1n) is 7.32. The summed E-state index contributed by atoms with van der Waals surface area (Å²) in [4.78, 5) is 0. The Morgan fingerprint density at radius 2 is 1.73 bits per heavy atom. The van der Waals surface area contributed by atoms with Crippen LogP contribution in [0.15, 0.2) is 44.4 Å². The minimum Gasteiger partial charge on any atom is -0.384 e. The van der Waals surface area contributed by atoms with Gasteiger partial charge in [-0.05, 0) is 52.7 Å². The molecule has 11 heteroatoms. The number of thiophene rings is 1. The maximum absolute atomic E-state index is 12.8. The highest BCUT2D eigenvalue weighted by atomic mass is 79.9. The molecule has 0 spiro atoms. The summed E-state index contributed by atoms with van der Waals surface area (Å²) in [6, 6.07) is 8.23. The predicted molar refractivity (Wildman–Crippen MR) is 97.8 cm³/mol. The van der Waals surface area contributed by atoms with E-state index in [1.807, 2.05) is 0 Å². The van der Waals surface area contributed by atoms with E-state index in [1.54, 1.807) is 6.07 Å². The van der Waals surface area contributed by atoms with Gasteiger partial charge in [-0.2, -0.15) is 13.2 Å². The lowest BCUT2D eigenvalue weighted by atomic mass is 9.95. The molecule has 2 rings (SSSR count). The minimum absolute atomic E-state index is 0.0971. The summed E-state index contributed by atoms with van der Waals surface area (Å²) in [7, 11) is -3.60. The van der Waals surface area contributed by atoms with Gasteiger partial charge in [-0.3, -0.25) is 0 Å². The molecule has 2 aromatic rings. The lowest BCUT2D eigenvalue weighted by Crippen LogP contribution is -2.39. The van der Waals surface area contributed by atoms with Crippen LogP contribution in [0.5, 0.6) is 0 Å². The number of rotatable bonds is 7. The number of sulfonamides is 1. The summed E-state index contributed by atoms with van der Waals surface area (Å²) < 4.78 is 65.7. The molecule has 0 saturated heterocycles. The van der Waals surface area contributed by atoms with Gasteiger partial charge in [-0.25, -0.2) is 13.1 Å². The second-order valence-electron chi connectivity index (χ2n) is 5.53. The fourth-order valence-electron chi connectivity index (χ4n) is 1.98. The van der Waals surface area contributed by atoms with Gasteiger partial charge in [-0.1, -0.05) is 12.1 Å². The third-order valence-electron chi connectivity index (χ3n) is 3.56. The van der Waals surface area contributed by atoms with Crippen LogP contribution in [-0.2, 0) is 15.6 Å². The molecule has 1 heterocycles. The zero-order chi connectivity index (χ0) is 19.6. The Morgan fingerprint density at radius 3 is 2.23 bits per heavy atom. The molecule has 3 N–H and O–H groups in total. The lowest BCUT2D eigenvalue weighted by molar-refractivity contribution is -0.258. The summed E-state index contributed by atoms with van der Waals surface area (Å²) in [5.41, 5.74) is -2.71. The molecule has 26 heavy (non-hydrogen) atoms. The molecule has 1 aromatic carbocycles. The van der Waals surface area contributed by atoms with Crippen LogP contribution in [0.2, 0.25) is 0 Å². The van der Waals surface area contributed by atoms with E-state index in [2.05, 4.69) is 26.0 Å². The average molecular weight is 473 g/mol. The number of hydrogen-bond donors (Lipinski definition) is 3. The highest BCUT2D eigenvalue weighted by Crippen LogP contribution is 2.38. The van der Waals surface area contributed by atoms with Gasteiger partial charge in [0.1, 0.15) is 4.21 Å². The molecule has 0 saturated carbocycles. The number of anilines is 1. The normalized spacial score (nSPS) is 14.8. The maximum Gasteiger partial charge on any atom is 0.421 e. The zero-order valence-corrected chi connectivity index (χ0v) is 16.7. The van der Waals surface area contributed by atoms with Crippen molar-refractivity contribution in [3.05, 3.63) is 45.7 Å². The highest BCUT2D eigenvalue weighted by molar-refractivity contribution is 9.11. The summed E-state index contributed by atoms with van der Waals surface area (Å²) in [6.45, 7) is 1.02. The molecule has 1 aromatic heterocycles. The topological polar surface area (TPSA) is 78.4 Å². The quantitative estimate of drug-likeness (QED) is 0.537. The molecule has 0 fully saturated rings. The fourth-order valence-corrected chi connectivity index (χ4v) is 5.07. The summed E-state index contributed by atoms with van der Waals surface area (Å²) in [5.74, 6) is 0. The number of aliphatic hydroxyl groups is 1. The molecule has 0 amide bonds. The Morgan fingerprint density at radius 1 is 1.12 bits per heavy atom. The van der Waals surface area contributed by atoms with Gasteiger partial charge in [0.25, 0.3) is 0 Å². The number of halogens is 4. The van der Waals surface area contributed by atoms with E-state index in [4.69, 9.17) is 0 Å². The molecule has 1 atom stereocenters. The van der Waals surface area contributed by atoms with Crippen LogP contribution in [0.25, 0.3) is 0 Å². The van der Waals surface area contributed by atoms with Crippen molar-refractivity contribution in [2.45, 2.75) is 22.9 Å². The molecular weight excluding hydrogens is 457 g/mol. The molecule has 1 unspecified atom stereocenters. The smallest absolute Gasteiger partial charge is 0.384 e. The fraction of sp³-hybridized carbons (Fsp3) is 0.333. The van der Waals surface area contributed by atoms with Gasteiger partial charge in [0, 0.05) is 18.8 Å². The molecule has 144 valence electrons. The van der Waals surface area contributed by atoms with E-state index in [0.717, 1.165) is 11.3 Å². The van der Waals surface area contributed by atoms with Crippen LogP contribution in [0, 0.1) is 0 Å². The predicted octanol–water partition coefficient (Wildman–Crippen LogP) is 3.67. The molecule has 0 aliphatic carbocycles. The molecule has 0 aliphatic rings. The summed E-state index contributed by atoms with van der Waals surface area (Å²) in [6.07, 6.45) is -4.78. The van der Waals surface area contributed by atoms with Gasteiger partial charge in [0.05, 0.1) is 3.79 Å². The van der Waals surface area contributed by atoms with E-state index in [-0.39, 0.29) is 22.9 Å². The van der Waals surface area contributed by atoms with Crippen LogP contribution >= 0.6 is 27.3 Å².